The van der Waals surface area contributed by atoms with Crippen LogP contribution in [0.1, 0.15) is 26.7 Å². The highest BCUT2D eigenvalue weighted by Gasteiger charge is 2.17. The van der Waals surface area contributed by atoms with Gasteiger partial charge in [-0.05, 0) is 45.9 Å². The van der Waals surface area contributed by atoms with E-state index in [-0.39, 0.29) is 5.91 Å². The summed E-state index contributed by atoms with van der Waals surface area (Å²) in [5.74, 6) is 0.0125. The van der Waals surface area contributed by atoms with Crippen molar-refractivity contribution in [3.05, 3.63) is 12.2 Å². The predicted molar refractivity (Wildman–Crippen MR) is 58.1 cm³/mol. The monoisotopic (exact) mass is 196 g/mol. The number of carbonyl (C=O) groups is 1. The number of hydrogen-bond acceptors (Lipinski definition) is 2. The first-order chi connectivity index (χ1) is 6.74. The van der Waals surface area contributed by atoms with E-state index >= 15 is 0 Å². The summed E-state index contributed by atoms with van der Waals surface area (Å²) in [5.41, 5.74) is 0. The standard InChI is InChI=1S/C11H20N2O/c1-3-6-11(14)12-9-10(2)13-7-4-5-8-13/h3,6,10H,4-5,7-9H2,1-2H3,(H,12,14)/b6-3+. The Morgan fingerprint density at radius 2 is 2.14 bits per heavy atom. The summed E-state index contributed by atoms with van der Waals surface area (Å²) in [6.45, 7) is 7.13. The lowest BCUT2D eigenvalue weighted by atomic mass is 10.3. The molecular formula is C11H20N2O. The molecule has 1 aliphatic heterocycles. The first kappa shape index (κ1) is 11.2. The van der Waals surface area contributed by atoms with E-state index in [1.54, 1.807) is 12.2 Å². The second-order valence-corrected chi connectivity index (χ2v) is 3.84. The molecule has 0 spiro atoms. The Balaban J connectivity index is 2.19. The van der Waals surface area contributed by atoms with E-state index in [4.69, 9.17) is 0 Å². The minimum absolute atomic E-state index is 0.0125. The van der Waals surface area contributed by atoms with E-state index in [1.807, 2.05) is 6.92 Å². The molecule has 0 saturated carbocycles. The molecule has 3 heteroatoms. The quantitative estimate of drug-likeness (QED) is 0.684. The summed E-state index contributed by atoms with van der Waals surface area (Å²) in [5, 5.41) is 2.89. The number of likely N-dealkylation sites (tertiary alicyclic amines) is 1. The molecule has 3 nitrogen and oxygen atoms in total. The van der Waals surface area contributed by atoms with Crippen molar-refractivity contribution in [2.24, 2.45) is 0 Å². The van der Waals surface area contributed by atoms with Gasteiger partial charge >= 0.3 is 0 Å². The minimum Gasteiger partial charge on any atom is -0.351 e. The van der Waals surface area contributed by atoms with E-state index in [0.717, 1.165) is 6.54 Å². The number of rotatable bonds is 4. The molecule has 80 valence electrons. The van der Waals surface area contributed by atoms with E-state index in [1.165, 1.54) is 25.9 Å². The fourth-order valence-corrected chi connectivity index (χ4v) is 1.77. The third-order valence-electron chi connectivity index (χ3n) is 2.65. The zero-order valence-corrected chi connectivity index (χ0v) is 9.12. The summed E-state index contributed by atoms with van der Waals surface area (Å²) in [4.78, 5) is 13.6. The van der Waals surface area contributed by atoms with Gasteiger partial charge in [-0.25, -0.2) is 0 Å². The molecule has 1 saturated heterocycles. The van der Waals surface area contributed by atoms with Gasteiger partial charge in [0, 0.05) is 12.6 Å². The van der Waals surface area contributed by atoms with Gasteiger partial charge in [-0.1, -0.05) is 6.08 Å². The highest BCUT2D eigenvalue weighted by Crippen LogP contribution is 2.10. The Hall–Kier alpha value is -0.830. The van der Waals surface area contributed by atoms with Crippen molar-refractivity contribution in [1.82, 2.24) is 10.2 Å². The maximum Gasteiger partial charge on any atom is 0.243 e. The molecule has 1 amide bonds. The summed E-state index contributed by atoms with van der Waals surface area (Å²) < 4.78 is 0. The number of nitrogens with one attached hydrogen (secondary N) is 1. The fourth-order valence-electron chi connectivity index (χ4n) is 1.77. The van der Waals surface area contributed by atoms with Crippen LogP contribution in [0.4, 0.5) is 0 Å². The molecule has 1 aliphatic rings. The van der Waals surface area contributed by atoms with Crippen molar-refractivity contribution < 1.29 is 4.79 Å². The summed E-state index contributed by atoms with van der Waals surface area (Å²) in [7, 11) is 0. The Morgan fingerprint density at radius 1 is 1.50 bits per heavy atom. The molecule has 1 rings (SSSR count). The molecule has 1 N–H and O–H groups in total. The molecular weight excluding hydrogens is 176 g/mol. The average Bonchev–Trinajstić information content (AvgIpc) is 2.67. The second kappa shape index (κ2) is 5.81. The molecule has 0 aromatic carbocycles. The zero-order valence-electron chi connectivity index (χ0n) is 9.12. The van der Waals surface area contributed by atoms with E-state index in [0.29, 0.717) is 6.04 Å². The van der Waals surface area contributed by atoms with Crippen LogP contribution in [0.25, 0.3) is 0 Å². The van der Waals surface area contributed by atoms with Crippen LogP contribution < -0.4 is 5.32 Å². The van der Waals surface area contributed by atoms with Crippen molar-refractivity contribution in [2.45, 2.75) is 32.7 Å². The SMILES string of the molecule is C/C=C/C(=O)NCC(C)N1CCCC1. The normalized spacial score (nSPS) is 20.1. The Kier molecular flexibility index (Phi) is 4.66. The number of nitrogens with zero attached hydrogens (tertiary/aromatic N) is 1. The highest BCUT2D eigenvalue weighted by molar-refractivity contribution is 5.87. The van der Waals surface area contributed by atoms with Crippen LogP contribution >= 0.6 is 0 Å². The number of amides is 1. The first-order valence-electron chi connectivity index (χ1n) is 5.38. The lowest BCUT2D eigenvalue weighted by Crippen LogP contribution is -2.40. The topological polar surface area (TPSA) is 32.3 Å². The Morgan fingerprint density at radius 3 is 2.71 bits per heavy atom. The Labute approximate surface area is 86.2 Å². The number of hydrogen-bond donors (Lipinski definition) is 1. The van der Waals surface area contributed by atoms with Crippen molar-refractivity contribution in [3.8, 4) is 0 Å². The average molecular weight is 196 g/mol. The fraction of sp³-hybridized carbons (Fsp3) is 0.727. The van der Waals surface area contributed by atoms with Gasteiger partial charge in [-0.2, -0.15) is 0 Å². The molecule has 1 unspecified atom stereocenters. The van der Waals surface area contributed by atoms with Crippen molar-refractivity contribution in [3.63, 3.8) is 0 Å². The lowest BCUT2D eigenvalue weighted by molar-refractivity contribution is -0.116. The van der Waals surface area contributed by atoms with Crippen LogP contribution in [0.2, 0.25) is 0 Å². The second-order valence-electron chi connectivity index (χ2n) is 3.84. The summed E-state index contributed by atoms with van der Waals surface area (Å²) in [6.07, 6.45) is 5.92. The van der Waals surface area contributed by atoms with Crippen molar-refractivity contribution in [2.75, 3.05) is 19.6 Å². The van der Waals surface area contributed by atoms with E-state index in [2.05, 4.69) is 17.1 Å². The van der Waals surface area contributed by atoms with Crippen LogP contribution in [0, 0.1) is 0 Å². The maximum absolute atomic E-state index is 11.1. The first-order valence-corrected chi connectivity index (χ1v) is 5.38. The molecule has 0 aliphatic carbocycles. The van der Waals surface area contributed by atoms with Crippen LogP contribution in [-0.4, -0.2) is 36.5 Å². The van der Waals surface area contributed by atoms with E-state index < -0.39 is 0 Å². The lowest BCUT2D eigenvalue weighted by Gasteiger charge is -2.23. The highest BCUT2D eigenvalue weighted by atomic mass is 16.1. The third kappa shape index (κ3) is 3.50. The van der Waals surface area contributed by atoms with Gasteiger partial charge in [0.1, 0.15) is 0 Å². The smallest absolute Gasteiger partial charge is 0.243 e. The molecule has 14 heavy (non-hydrogen) atoms. The zero-order chi connectivity index (χ0) is 10.4. The van der Waals surface area contributed by atoms with Gasteiger partial charge < -0.3 is 5.32 Å². The van der Waals surface area contributed by atoms with Gasteiger partial charge in [0.2, 0.25) is 5.91 Å². The largest absolute Gasteiger partial charge is 0.351 e. The van der Waals surface area contributed by atoms with Crippen molar-refractivity contribution >= 4 is 5.91 Å². The van der Waals surface area contributed by atoms with E-state index in [9.17, 15) is 4.79 Å². The summed E-state index contributed by atoms with van der Waals surface area (Å²) >= 11 is 0. The molecule has 1 heterocycles. The van der Waals surface area contributed by atoms with Crippen molar-refractivity contribution in [1.29, 1.82) is 0 Å². The molecule has 1 atom stereocenters. The molecule has 0 aromatic rings. The van der Waals surface area contributed by atoms with Gasteiger partial charge in [0.15, 0.2) is 0 Å². The van der Waals surface area contributed by atoms with Gasteiger partial charge in [-0.15, -0.1) is 0 Å². The Bertz CT molecular complexity index is 207. The molecule has 0 radical (unpaired) electrons. The summed E-state index contributed by atoms with van der Waals surface area (Å²) in [6, 6.07) is 0.465. The minimum atomic E-state index is 0.0125. The maximum atomic E-state index is 11.1. The third-order valence-corrected chi connectivity index (χ3v) is 2.65. The van der Waals surface area contributed by atoms with Gasteiger partial charge in [-0.3, -0.25) is 9.69 Å². The molecule has 1 fully saturated rings. The van der Waals surface area contributed by atoms with Gasteiger partial charge in [0.25, 0.3) is 0 Å². The number of allylic oxidation sites excluding steroid dienone is 1. The molecule has 0 aromatic heterocycles. The van der Waals surface area contributed by atoms with Crippen LogP contribution in [0.5, 0.6) is 0 Å². The van der Waals surface area contributed by atoms with Gasteiger partial charge in [0.05, 0.1) is 0 Å². The molecule has 0 bridgehead atoms. The number of carbonyl (C=O) groups excluding carboxylic acids is 1. The van der Waals surface area contributed by atoms with Crippen LogP contribution in [0.3, 0.4) is 0 Å². The van der Waals surface area contributed by atoms with Crippen LogP contribution in [-0.2, 0) is 4.79 Å². The predicted octanol–water partition coefficient (Wildman–Crippen LogP) is 1.16. The van der Waals surface area contributed by atoms with Crippen LogP contribution in [0.15, 0.2) is 12.2 Å².